The number of nitrogens with zero attached hydrogens (tertiary/aromatic N) is 3. The predicted molar refractivity (Wildman–Crippen MR) is 101 cm³/mol. The summed E-state index contributed by atoms with van der Waals surface area (Å²) in [5.41, 5.74) is 3.18. The number of piperidine rings is 1. The number of rotatable bonds is 4. The number of aromatic amines is 1. The number of carbonyl (C=O) groups is 1. The molecule has 3 heterocycles. The van der Waals surface area contributed by atoms with Crippen molar-refractivity contribution in [1.82, 2.24) is 15.2 Å². The lowest BCUT2D eigenvalue weighted by Crippen LogP contribution is -2.39. The predicted octanol–water partition coefficient (Wildman–Crippen LogP) is 3.40. The summed E-state index contributed by atoms with van der Waals surface area (Å²) >= 11 is 0. The number of H-pyrrole nitrogens is 1. The van der Waals surface area contributed by atoms with Crippen LogP contribution in [0.2, 0.25) is 0 Å². The number of anilines is 1. The molecule has 1 aliphatic rings. The third kappa shape index (κ3) is 3.14. The highest BCUT2D eigenvalue weighted by Crippen LogP contribution is 2.29. The number of carbonyl (C=O) groups excluding carboxylic acids is 1. The number of esters is 1. The van der Waals surface area contributed by atoms with Crippen molar-refractivity contribution < 1.29 is 9.53 Å². The fourth-order valence-electron chi connectivity index (χ4n) is 3.59. The SMILES string of the molecule is CCOC(=O)C1CCCN(c2ccc(-c3cccc4[nH]ncc34)cn2)C1. The van der Waals surface area contributed by atoms with Gasteiger partial charge in [0.05, 0.1) is 24.2 Å². The van der Waals surface area contributed by atoms with E-state index in [1.807, 2.05) is 37.5 Å². The molecule has 6 nitrogen and oxygen atoms in total. The van der Waals surface area contributed by atoms with Crippen LogP contribution in [0.25, 0.3) is 22.0 Å². The van der Waals surface area contributed by atoms with Gasteiger partial charge in [-0.15, -0.1) is 0 Å². The fraction of sp³-hybridized carbons (Fsp3) is 0.350. The molecule has 6 heteroatoms. The van der Waals surface area contributed by atoms with Crippen molar-refractivity contribution in [3.8, 4) is 11.1 Å². The first kappa shape index (κ1) is 16.6. The summed E-state index contributed by atoms with van der Waals surface area (Å²) in [5, 5.41) is 8.20. The number of benzene rings is 1. The molecule has 3 aromatic rings. The largest absolute Gasteiger partial charge is 0.466 e. The van der Waals surface area contributed by atoms with Crippen LogP contribution in [0.4, 0.5) is 5.82 Å². The van der Waals surface area contributed by atoms with Crippen molar-refractivity contribution >= 4 is 22.7 Å². The van der Waals surface area contributed by atoms with Crippen molar-refractivity contribution in [1.29, 1.82) is 0 Å². The number of nitrogens with one attached hydrogen (secondary N) is 1. The van der Waals surface area contributed by atoms with E-state index in [0.29, 0.717) is 13.2 Å². The molecule has 1 aliphatic heterocycles. The zero-order valence-corrected chi connectivity index (χ0v) is 14.8. The number of hydrogen-bond acceptors (Lipinski definition) is 5. The van der Waals surface area contributed by atoms with Gasteiger partial charge in [0.1, 0.15) is 5.82 Å². The molecule has 0 spiro atoms. The summed E-state index contributed by atoms with van der Waals surface area (Å²) in [6.45, 7) is 3.86. The molecule has 0 aliphatic carbocycles. The first-order valence-corrected chi connectivity index (χ1v) is 9.06. The number of ether oxygens (including phenoxy) is 1. The van der Waals surface area contributed by atoms with Gasteiger partial charge in [-0.1, -0.05) is 12.1 Å². The highest BCUT2D eigenvalue weighted by Gasteiger charge is 2.27. The first-order chi connectivity index (χ1) is 12.8. The maximum absolute atomic E-state index is 12.0. The van der Waals surface area contributed by atoms with Gasteiger partial charge in [0, 0.05) is 30.2 Å². The number of hydrogen-bond donors (Lipinski definition) is 1. The minimum Gasteiger partial charge on any atom is -0.466 e. The maximum atomic E-state index is 12.0. The number of pyridine rings is 1. The summed E-state index contributed by atoms with van der Waals surface area (Å²) < 4.78 is 5.18. The summed E-state index contributed by atoms with van der Waals surface area (Å²) in [4.78, 5) is 18.9. The van der Waals surface area contributed by atoms with Gasteiger partial charge in [0.15, 0.2) is 0 Å². The van der Waals surface area contributed by atoms with Crippen LogP contribution in [-0.4, -0.2) is 40.8 Å². The van der Waals surface area contributed by atoms with E-state index in [1.54, 1.807) is 0 Å². The van der Waals surface area contributed by atoms with E-state index in [2.05, 4.69) is 32.2 Å². The Kier molecular flexibility index (Phi) is 4.56. The summed E-state index contributed by atoms with van der Waals surface area (Å²) in [6.07, 6.45) is 5.59. The lowest BCUT2D eigenvalue weighted by atomic mass is 9.98. The van der Waals surface area contributed by atoms with Crippen LogP contribution in [0.15, 0.2) is 42.7 Å². The molecule has 1 aromatic carbocycles. The van der Waals surface area contributed by atoms with Crippen molar-refractivity contribution in [2.45, 2.75) is 19.8 Å². The quantitative estimate of drug-likeness (QED) is 0.730. The van der Waals surface area contributed by atoms with Crippen molar-refractivity contribution in [3.05, 3.63) is 42.7 Å². The fourth-order valence-corrected chi connectivity index (χ4v) is 3.59. The van der Waals surface area contributed by atoms with Gasteiger partial charge in [-0.25, -0.2) is 4.98 Å². The second-order valence-electron chi connectivity index (χ2n) is 6.58. The molecule has 0 bridgehead atoms. The third-order valence-electron chi connectivity index (χ3n) is 4.91. The van der Waals surface area contributed by atoms with Crippen LogP contribution in [-0.2, 0) is 9.53 Å². The average molecular weight is 350 g/mol. The molecular weight excluding hydrogens is 328 g/mol. The van der Waals surface area contributed by atoms with Gasteiger partial charge in [-0.2, -0.15) is 5.10 Å². The number of aromatic nitrogens is 3. The van der Waals surface area contributed by atoms with Gasteiger partial charge in [0.25, 0.3) is 0 Å². The lowest BCUT2D eigenvalue weighted by molar-refractivity contribution is -0.148. The van der Waals surface area contributed by atoms with Crippen LogP contribution in [0.1, 0.15) is 19.8 Å². The molecule has 2 aromatic heterocycles. The van der Waals surface area contributed by atoms with Gasteiger partial charge >= 0.3 is 5.97 Å². The van der Waals surface area contributed by atoms with E-state index in [9.17, 15) is 4.79 Å². The molecule has 134 valence electrons. The molecule has 4 rings (SSSR count). The van der Waals surface area contributed by atoms with Crippen LogP contribution < -0.4 is 4.90 Å². The van der Waals surface area contributed by atoms with Crippen LogP contribution in [0.3, 0.4) is 0 Å². The molecular formula is C20H22N4O2. The van der Waals surface area contributed by atoms with E-state index in [-0.39, 0.29) is 11.9 Å². The van der Waals surface area contributed by atoms with Gasteiger partial charge in [0.2, 0.25) is 0 Å². The molecule has 26 heavy (non-hydrogen) atoms. The molecule has 1 saturated heterocycles. The smallest absolute Gasteiger partial charge is 0.310 e. The van der Waals surface area contributed by atoms with Crippen molar-refractivity contribution in [2.24, 2.45) is 5.92 Å². The highest BCUT2D eigenvalue weighted by molar-refractivity contribution is 5.94. The second kappa shape index (κ2) is 7.15. The van der Waals surface area contributed by atoms with Gasteiger partial charge < -0.3 is 9.64 Å². The number of fused-ring (bicyclic) bond motifs is 1. The first-order valence-electron chi connectivity index (χ1n) is 9.06. The molecule has 0 amide bonds. The normalized spacial score (nSPS) is 17.4. The van der Waals surface area contributed by atoms with Crippen molar-refractivity contribution in [2.75, 3.05) is 24.6 Å². The standard InChI is InChI=1S/C20H22N4O2/c1-2-26-20(25)15-5-4-10-24(13-15)19-9-8-14(11-21-19)16-6-3-7-18-17(16)12-22-23-18/h3,6-9,11-12,15H,2,4-5,10,13H2,1H3,(H,22,23). The average Bonchev–Trinajstić information content (AvgIpc) is 3.17. The summed E-state index contributed by atoms with van der Waals surface area (Å²) in [5.74, 6) is 0.743. The van der Waals surface area contributed by atoms with Crippen LogP contribution >= 0.6 is 0 Å². The lowest BCUT2D eigenvalue weighted by Gasteiger charge is -2.32. The Balaban J connectivity index is 1.54. The third-order valence-corrected chi connectivity index (χ3v) is 4.91. The summed E-state index contributed by atoms with van der Waals surface area (Å²) in [6, 6.07) is 10.2. The van der Waals surface area contributed by atoms with E-state index >= 15 is 0 Å². The highest BCUT2D eigenvalue weighted by atomic mass is 16.5. The maximum Gasteiger partial charge on any atom is 0.310 e. The summed E-state index contributed by atoms with van der Waals surface area (Å²) in [7, 11) is 0. The van der Waals surface area contributed by atoms with E-state index in [0.717, 1.165) is 47.2 Å². The molecule has 1 atom stereocenters. The minimum atomic E-state index is -0.0968. The Morgan fingerprint density at radius 3 is 3.04 bits per heavy atom. The Hall–Kier alpha value is -2.89. The Labute approximate surface area is 152 Å². The Bertz CT molecular complexity index is 904. The topological polar surface area (TPSA) is 71.1 Å². The minimum absolute atomic E-state index is 0.0649. The Morgan fingerprint density at radius 1 is 1.31 bits per heavy atom. The van der Waals surface area contributed by atoms with E-state index < -0.39 is 0 Å². The molecule has 1 fully saturated rings. The Morgan fingerprint density at radius 2 is 2.23 bits per heavy atom. The van der Waals surface area contributed by atoms with E-state index in [1.165, 1.54) is 0 Å². The van der Waals surface area contributed by atoms with E-state index in [4.69, 9.17) is 4.74 Å². The molecule has 1 unspecified atom stereocenters. The zero-order chi connectivity index (χ0) is 17.9. The zero-order valence-electron chi connectivity index (χ0n) is 14.8. The second-order valence-corrected chi connectivity index (χ2v) is 6.58. The molecule has 1 N–H and O–H groups in total. The van der Waals surface area contributed by atoms with Gasteiger partial charge in [-0.05, 0) is 43.5 Å². The van der Waals surface area contributed by atoms with Crippen LogP contribution in [0, 0.1) is 5.92 Å². The van der Waals surface area contributed by atoms with Crippen molar-refractivity contribution in [3.63, 3.8) is 0 Å². The monoisotopic (exact) mass is 350 g/mol. The van der Waals surface area contributed by atoms with Crippen LogP contribution in [0.5, 0.6) is 0 Å². The molecule has 0 saturated carbocycles. The molecule has 0 radical (unpaired) electrons. The van der Waals surface area contributed by atoms with Gasteiger partial charge in [-0.3, -0.25) is 9.89 Å².